The summed E-state index contributed by atoms with van der Waals surface area (Å²) in [5.41, 5.74) is 0. The zero-order chi connectivity index (χ0) is 9.94. The molecule has 0 saturated carbocycles. The number of carbonyl (C=O) groups excluding carboxylic acids is 3. The molecule has 0 aliphatic rings. The van der Waals surface area contributed by atoms with E-state index in [4.69, 9.17) is 0 Å². The van der Waals surface area contributed by atoms with Crippen LogP contribution in [0.2, 0.25) is 0 Å². The van der Waals surface area contributed by atoms with Crippen LogP contribution in [0.15, 0.2) is 30.3 Å². The van der Waals surface area contributed by atoms with Gasteiger partial charge in [-0.15, -0.1) is 0 Å². The maximum atomic E-state index is 9.56. The Balaban J connectivity index is 0.000000223. The molecule has 0 heterocycles. The van der Waals surface area contributed by atoms with Crippen LogP contribution >= 0.6 is 0 Å². The second-order valence-corrected chi connectivity index (χ2v) is 3.95. The molecule has 0 atom stereocenters. The number of carbonyl (C=O) groups is 3. The van der Waals surface area contributed by atoms with Crippen molar-refractivity contribution in [2.24, 2.45) is 0 Å². The fraction of sp³-hybridized carbons (Fsp3) is 0. The van der Waals surface area contributed by atoms with Crippen LogP contribution in [0.5, 0.6) is 0 Å². The molecule has 4 heteroatoms. The van der Waals surface area contributed by atoms with Crippen LogP contribution in [-0.2, 0) is 28.5 Å². The SMILES string of the molecule is O=[CH][Cr]([CH]=O)[CH]=O.[c]1ccccc1. The quantitative estimate of drug-likeness (QED) is 0.697. The molecule has 0 unspecified atom stereocenters. The van der Waals surface area contributed by atoms with E-state index in [-0.39, 0.29) is 0 Å². The van der Waals surface area contributed by atoms with E-state index in [2.05, 4.69) is 6.07 Å². The molecule has 1 aromatic carbocycles. The van der Waals surface area contributed by atoms with E-state index in [9.17, 15) is 14.4 Å². The fourth-order valence-corrected chi connectivity index (χ4v) is 0.622. The van der Waals surface area contributed by atoms with Crippen LogP contribution in [0, 0.1) is 6.07 Å². The number of hydrogen-bond donors (Lipinski definition) is 0. The van der Waals surface area contributed by atoms with Gasteiger partial charge in [-0.25, -0.2) is 0 Å². The first-order valence-electron chi connectivity index (χ1n) is 3.32. The van der Waals surface area contributed by atoms with E-state index in [0.29, 0.717) is 15.4 Å². The topological polar surface area (TPSA) is 51.2 Å². The summed E-state index contributed by atoms with van der Waals surface area (Å²) in [7, 11) is 0. The molecular weight excluding hydrogens is 208 g/mol. The molecule has 0 spiro atoms. The standard InChI is InChI=1S/C6H5.3CHO.Cr/c1-2-4-6-5-3-1;3*1-2;/h1-5H;3*1H;. The van der Waals surface area contributed by atoms with Crippen molar-refractivity contribution in [2.75, 3.05) is 0 Å². The third-order valence-corrected chi connectivity index (χ3v) is 1.98. The maximum absolute atomic E-state index is 9.56. The molecule has 68 valence electrons. The van der Waals surface area contributed by atoms with Gasteiger partial charge in [-0.05, 0) is 6.07 Å². The predicted molar refractivity (Wildman–Crippen MR) is 45.5 cm³/mol. The largest absolute Gasteiger partial charge is 0.0622 e. The summed E-state index contributed by atoms with van der Waals surface area (Å²) in [5.74, 6) is 0. The van der Waals surface area contributed by atoms with E-state index in [1.54, 1.807) is 0 Å². The van der Waals surface area contributed by atoms with Crippen LogP contribution in [-0.4, -0.2) is 15.4 Å². The van der Waals surface area contributed by atoms with Gasteiger partial charge in [-0.1, -0.05) is 30.3 Å². The van der Waals surface area contributed by atoms with Crippen LogP contribution < -0.4 is 0 Å². The molecule has 0 saturated heterocycles. The average Bonchev–Trinajstić information content (AvgIpc) is 2.24. The van der Waals surface area contributed by atoms with Crippen molar-refractivity contribution >= 4 is 15.4 Å². The molecule has 0 amide bonds. The van der Waals surface area contributed by atoms with E-state index in [1.807, 2.05) is 30.3 Å². The first-order valence-corrected chi connectivity index (χ1v) is 5.53. The van der Waals surface area contributed by atoms with Crippen LogP contribution in [0.3, 0.4) is 0 Å². The maximum Gasteiger partial charge on any atom is -0.0184 e. The summed E-state index contributed by atoms with van der Waals surface area (Å²) < 4.78 is 0. The molecule has 1 radical (unpaired) electrons. The van der Waals surface area contributed by atoms with Gasteiger partial charge in [-0.2, -0.15) is 0 Å². The van der Waals surface area contributed by atoms with Gasteiger partial charge in [-0.3, -0.25) is 0 Å². The second-order valence-electron chi connectivity index (χ2n) is 1.77. The smallest absolute Gasteiger partial charge is 0.0184 e. The van der Waals surface area contributed by atoms with Crippen molar-refractivity contribution in [3.05, 3.63) is 36.4 Å². The van der Waals surface area contributed by atoms with Crippen LogP contribution in [0.25, 0.3) is 0 Å². The molecule has 3 nitrogen and oxygen atoms in total. The Morgan fingerprint density at radius 2 is 1.31 bits per heavy atom. The summed E-state index contributed by atoms with van der Waals surface area (Å²) in [6.07, 6.45) is 0. The van der Waals surface area contributed by atoms with E-state index >= 15 is 0 Å². The van der Waals surface area contributed by atoms with Crippen molar-refractivity contribution in [3.63, 3.8) is 0 Å². The van der Waals surface area contributed by atoms with Crippen molar-refractivity contribution in [1.29, 1.82) is 0 Å². The van der Waals surface area contributed by atoms with Crippen molar-refractivity contribution in [3.8, 4) is 0 Å². The Kier molecular flexibility index (Phi) is 8.01. The zero-order valence-electron chi connectivity index (χ0n) is 6.75. The third kappa shape index (κ3) is 7.13. The van der Waals surface area contributed by atoms with Gasteiger partial charge in [0.05, 0.1) is 0 Å². The number of rotatable bonds is 3. The Bertz CT molecular complexity index is 203. The second kappa shape index (κ2) is 8.86. The normalized spacial score (nSPS) is 8.08. The molecular formula is C9H8CrO3. The molecule has 13 heavy (non-hydrogen) atoms. The zero-order valence-corrected chi connectivity index (χ0v) is 8.03. The Hall–Kier alpha value is -1.24. The van der Waals surface area contributed by atoms with Gasteiger partial charge in [0.15, 0.2) is 0 Å². The summed E-state index contributed by atoms with van der Waals surface area (Å²) in [4.78, 5) is 28.7. The number of benzene rings is 1. The Morgan fingerprint density at radius 1 is 0.846 bits per heavy atom. The van der Waals surface area contributed by atoms with Gasteiger partial charge in [0.1, 0.15) is 0 Å². The summed E-state index contributed by atoms with van der Waals surface area (Å²) >= 11 is -2.10. The van der Waals surface area contributed by atoms with Gasteiger partial charge in [0, 0.05) is 0 Å². The molecule has 0 aromatic heterocycles. The molecule has 0 aliphatic heterocycles. The van der Waals surface area contributed by atoms with Gasteiger partial charge in [0.2, 0.25) is 0 Å². The molecule has 0 fully saturated rings. The fourth-order valence-electron chi connectivity index (χ4n) is 0.410. The summed E-state index contributed by atoms with van der Waals surface area (Å²) in [5, 5.41) is 1.25. The van der Waals surface area contributed by atoms with Crippen molar-refractivity contribution in [1.82, 2.24) is 0 Å². The van der Waals surface area contributed by atoms with Crippen LogP contribution in [0.4, 0.5) is 0 Å². The predicted octanol–water partition coefficient (Wildman–Crippen LogP) is 0.662. The van der Waals surface area contributed by atoms with Gasteiger partial charge in [0.25, 0.3) is 0 Å². The van der Waals surface area contributed by atoms with E-state index in [1.165, 1.54) is 0 Å². The molecule has 0 N–H and O–H groups in total. The average molecular weight is 216 g/mol. The number of hydrogen-bond acceptors (Lipinski definition) is 3. The summed E-state index contributed by atoms with van der Waals surface area (Å²) in [6, 6.07) is 12.5. The molecule has 1 aromatic rings. The van der Waals surface area contributed by atoms with Crippen molar-refractivity contribution < 1.29 is 28.5 Å². The first-order chi connectivity index (χ1) is 6.35. The monoisotopic (exact) mass is 216 g/mol. The van der Waals surface area contributed by atoms with E-state index < -0.39 is 14.1 Å². The minimum absolute atomic E-state index is 0.417. The van der Waals surface area contributed by atoms with Gasteiger partial charge < -0.3 is 0 Å². The molecule has 0 aliphatic carbocycles. The molecule has 1 rings (SSSR count). The first kappa shape index (κ1) is 11.8. The van der Waals surface area contributed by atoms with E-state index in [0.717, 1.165) is 0 Å². The Labute approximate surface area is 80.8 Å². The van der Waals surface area contributed by atoms with Gasteiger partial charge >= 0.3 is 44.0 Å². The summed E-state index contributed by atoms with van der Waals surface area (Å²) in [6.45, 7) is 0. The van der Waals surface area contributed by atoms with Crippen LogP contribution in [0.1, 0.15) is 0 Å². The third-order valence-electron chi connectivity index (χ3n) is 0.940. The van der Waals surface area contributed by atoms with Crippen molar-refractivity contribution in [2.45, 2.75) is 0 Å². The Morgan fingerprint density at radius 3 is 1.38 bits per heavy atom. The minimum atomic E-state index is -2.10. The minimum Gasteiger partial charge on any atom is -0.0622 e. The molecule has 0 bridgehead atoms.